The molecule has 5 heteroatoms. The Morgan fingerprint density at radius 2 is 1.65 bits per heavy atom. The summed E-state index contributed by atoms with van der Waals surface area (Å²) >= 11 is 6.90. The molecule has 0 saturated carbocycles. The summed E-state index contributed by atoms with van der Waals surface area (Å²) in [6.07, 6.45) is 0.827. The van der Waals surface area contributed by atoms with Gasteiger partial charge in [0, 0.05) is 12.1 Å². The van der Waals surface area contributed by atoms with Crippen molar-refractivity contribution < 1.29 is 9.47 Å². The lowest BCUT2D eigenvalue weighted by molar-refractivity contribution is 0.318. The normalized spacial score (nSPS) is 10.3. The zero-order valence-electron chi connectivity index (χ0n) is 11.0. The van der Waals surface area contributed by atoms with Crippen molar-refractivity contribution in [3.8, 4) is 11.5 Å². The van der Waals surface area contributed by atoms with Crippen LogP contribution >= 0.6 is 31.9 Å². The third-order valence-electron chi connectivity index (χ3n) is 2.82. The molecular weight excluding hydrogens is 386 g/mol. The molecule has 3 nitrogen and oxygen atoms in total. The predicted octanol–water partition coefficient (Wildman–Crippen LogP) is 4.42. The van der Waals surface area contributed by atoms with Gasteiger partial charge in [0.25, 0.3) is 0 Å². The van der Waals surface area contributed by atoms with Crippen LogP contribution in [0.4, 0.5) is 5.69 Å². The van der Waals surface area contributed by atoms with E-state index in [-0.39, 0.29) is 0 Å². The maximum atomic E-state index is 5.80. The molecule has 0 bridgehead atoms. The number of rotatable bonds is 5. The number of hydrogen-bond acceptors (Lipinski definition) is 3. The average Bonchev–Trinajstić information content (AvgIpc) is 2.42. The first-order chi connectivity index (χ1) is 9.60. The van der Waals surface area contributed by atoms with Gasteiger partial charge < -0.3 is 15.2 Å². The molecule has 0 aliphatic rings. The maximum Gasteiger partial charge on any atom is 0.147 e. The van der Waals surface area contributed by atoms with Crippen LogP contribution in [0.3, 0.4) is 0 Å². The highest BCUT2D eigenvalue weighted by Gasteiger charge is 2.08. The Morgan fingerprint density at radius 3 is 2.20 bits per heavy atom. The van der Waals surface area contributed by atoms with Crippen LogP contribution in [0, 0.1) is 0 Å². The summed E-state index contributed by atoms with van der Waals surface area (Å²) in [4.78, 5) is 0. The van der Waals surface area contributed by atoms with Crippen molar-refractivity contribution in [2.24, 2.45) is 0 Å². The monoisotopic (exact) mass is 399 g/mol. The highest BCUT2D eigenvalue weighted by Crippen LogP contribution is 2.35. The zero-order chi connectivity index (χ0) is 14.5. The molecule has 0 fully saturated rings. The van der Waals surface area contributed by atoms with Gasteiger partial charge in [-0.3, -0.25) is 0 Å². The van der Waals surface area contributed by atoms with Gasteiger partial charge in [0.15, 0.2) is 0 Å². The summed E-state index contributed by atoms with van der Waals surface area (Å²) in [7, 11) is 1.66. The summed E-state index contributed by atoms with van der Waals surface area (Å²) in [6.45, 7) is 0.591. The van der Waals surface area contributed by atoms with Gasteiger partial charge in [-0.1, -0.05) is 12.1 Å². The molecule has 0 aliphatic carbocycles. The van der Waals surface area contributed by atoms with E-state index in [1.807, 2.05) is 36.4 Å². The number of nitrogens with two attached hydrogens (primary N) is 1. The Bertz CT molecular complexity index is 562. The Balaban J connectivity index is 1.95. The maximum absolute atomic E-state index is 5.80. The Labute approximate surface area is 135 Å². The van der Waals surface area contributed by atoms with Gasteiger partial charge in [-0.2, -0.15) is 0 Å². The van der Waals surface area contributed by atoms with E-state index < -0.39 is 0 Å². The Morgan fingerprint density at radius 1 is 1.05 bits per heavy atom. The van der Waals surface area contributed by atoms with Crippen molar-refractivity contribution in [3.05, 3.63) is 50.9 Å². The van der Waals surface area contributed by atoms with Gasteiger partial charge >= 0.3 is 0 Å². The Kier molecular flexibility index (Phi) is 5.31. The molecule has 0 aromatic heterocycles. The molecule has 2 aromatic rings. The third-order valence-corrected chi connectivity index (χ3v) is 3.99. The topological polar surface area (TPSA) is 44.5 Å². The fourth-order valence-corrected chi connectivity index (χ4v) is 3.23. The first kappa shape index (κ1) is 15.2. The second-order valence-corrected chi connectivity index (χ2v) is 5.97. The first-order valence-corrected chi connectivity index (χ1v) is 7.69. The number of ether oxygens (including phenoxy) is 2. The van der Waals surface area contributed by atoms with Crippen LogP contribution in [0.1, 0.15) is 5.56 Å². The number of methoxy groups -OCH3 is 1. The van der Waals surface area contributed by atoms with Crippen LogP contribution < -0.4 is 15.2 Å². The van der Waals surface area contributed by atoms with E-state index in [4.69, 9.17) is 15.2 Å². The van der Waals surface area contributed by atoms with Crippen LogP contribution in [0.2, 0.25) is 0 Å². The lowest BCUT2D eigenvalue weighted by Gasteiger charge is -2.11. The lowest BCUT2D eigenvalue weighted by Crippen LogP contribution is -2.03. The Hall–Kier alpha value is -1.20. The molecule has 106 valence electrons. The number of anilines is 1. The fourth-order valence-electron chi connectivity index (χ4n) is 1.78. The zero-order valence-corrected chi connectivity index (χ0v) is 14.2. The van der Waals surface area contributed by atoms with E-state index in [2.05, 4.69) is 31.9 Å². The van der Waals surface area contributed by atoms with Gasteiger partial charge in [-0.15, -0.1) is 0 Å². The molecular formula is C15H15Br2NO2. The molecule has 0 radical (unpaired) electrons. The van der Waals surface area contributed by atoms with Gasteiger partial charge in [-0.05, 0) is 61.7 Å². The molecule has 0 amide bonds. The van der Waals surface area contributed by atoms with Crippen LogP contribution in [0.25, 0.3) is 0 Å². The van der Waals surface area contributed by atoms with E-state index in [1.54, 1.807) is 7.11 Å². The summed E-state index contributed by atoms with van der Waals surface area (Å²) in [6, 6.07) is 11.6. The highest BCUT2D eigenvalue weighted by molar-refractivity contribution is 9.11. The molecule has 0 atom stereocenters. The molecule has 0 spiro atoms. The number of hydrogen-bond donors (Lipinski definition) is 1. The minimum atomic E-state index is 0.591. The minimum Gasteiger partial charge on any atom is -0.497 e. The van der Waals surface area contributed by atoms with Gasteiger partial charge in [0.2, 0.25) is 0 Å². The van der Waals surface area contributed by atoms with Crippen LogP contribution in [0.15, 0.2) is 45.3 Å². The van der Waals surface area contributed by atoms with Crippen LogP contribution in [0.5, 0.6) is 11.5 Å². The molecule has 2 N–H and O–H groups in total. The second-order valence-electron chi connectivity index (χ2n) is 4.26. The van der Waals surface area contributed by atoms with E-state index in [9.17, 15) is 0 Å². The number of nitrogen functional groups attached to an aromatic ring is 1. The first-order valence-electron chi connectivity index (χ1n) is 6.10. The summed E-state index contributed by atoms with van der Waals surface area (Å²) < 4.78 is 12.6. The molecule has 20 heavy (non-hydrogen) atoms. The smallest absolute Gasteiger partial charge is 0.147 e. The van der Waals surface area contributed by atoms with Crippen LogP contribution in [-0.2, 0) is 6.42 Å². The summed E-state index contributed by atoms with van der Waals surface area (Å²) in [5.74, 6) is 1.63. The molecule has 0 aliphatic heterocycles. The van der Waals surface area contributed by atoms with Crippen molar-refractivity contribution >= 4 is 37.5 Å². The van der Waals surface area contributed by atoms with Crippen molar-refractivity contribution in [2.75, 3.05) is 19.5 Å². The standard InChI is InChI=1S/C15H15Br2NO2/c1-19-12-4-2-10(3-5-12)6-7-20-15-13(16)8-11(18)9-14(15)17/h2-5,8-9H,6-7,18H2,1H3. The van der Waals surface area contributed by atoms with Crippen molar-refractivity contribution in [3.63, 3.8) is 0 Å². The van der Waals surface area contributed by atoms with E-state index in [1.165, 1.54) is 5.56 Å². The van der Waals surface area contributed by atoms with E-state index >= 15 is 0 Å². The average molecular weight is 401 g/mol. The molecule has 0 saturated heterocycles. The SMILES string of the molecule is COc1ccc(CCOc2c(Br)cc(N)cc2Br)cc1. The second kappa shape index (κ2) is 6.99. The molecule has 0 heterocycles. The summed E-state index contributed by atoms with van der Waals surface area (Å²) in [5.41, 5.74) is 7.64. The quantitative estimate of drug-likeness (QED) is 0.755. The number of halogens is 2. The van der Waals surface area contributed by atoms with Crippen molar-refractivity contribution in [2.45, 2.75) is 6.42 Å². The highest BCUT2D eigenvalue weighted by atomic mass is 79.9. The molecule has 0 unspecified atom stereocenters. The third kappa shape index (κ3) is 3.90. The number of benzene rings is 2. The van der Waals surface area contributed by atoms with E-state index in [0.717, 1.165) is 26.9 Å². The fraction of sp³-hybridized carbons (Fsp3) is 0.200. The van der Waals surface area contributed by atoms with Gasteiger partial charge in [-0.25, -0.2) is 0 Å². The van der Waals surface area contributed by atoms with Crippen molar-refractivity contribution in [1.82, 2.24) is 0 Å². The van der Waals surface area contributed by atoms with Gasteiger partial charge in [0.05, 0.1) is 22.7 Å². The largest absolute Gasteiger partial charge is 0.497 e. The van der Waals surface area contributed by atoms with E-state index in [0.29, 0.717) is 12.3 Å². The van der Waals surface area contributed by atoms with Gasteiger partial charge in [0.1, 0.15) is 11.5 Å². The van der Waals surface area contributed by atoms with Crippen LogP contribution in [-0.4, -0.2) is 13.7 Å². The lowest BCUT2D eigenvalue weighted by atomic mass is 10.1. The molecule has 2 aromatic carbocycles. The summed E-state index contributed by atoms with van der Waals surface area (Å²) in [5, 5.41) is 0. The molecule has 2 rings (SSSR count). The minimum absolute atomic E-state index is 0.591. The van der Waals surface area contributed by atoms with Crippen molar-refractivity contribution in [1.29, 1.82) is 0 Å². The predicted molar refractivity (Wildman–Crippen MR) is 88.4 cm³/mol.